The Balaban J connectivity index is 1.64. The number of anilines is 1. The van der Waals surface area contributed by atoms with Gasteiger partial charge in [-0.3, -0.25) is 4.79 Å². The van der Waals surface area contributed by atoms with Gasteiger partial charge in [0.15, 0.2) is 11.8 Å². The predicted molar refractivity (Wildman–Crippen MR) is 105 cm³/mol. The van der Waals surface area contributed by atoms with E-state index in [2.05, 4.69) is 29.5 Å². The van der Waals surface area contributed by atoms with Gasteiger partial charge in [-0.1, -0.05) is 13.8 Å². The molecule has 0 bridgehead atoms. The van der Waals surface area contributed by atoms with Crippen LogP contribution in [0.25, 0.3) is 11.3 Å². The van der Waals surface area contributed by atoms with Crippen LogP contribution < -0.4 is 14.8 Å². The second-order valence-corrected chi connectivity index (χ2v) is 6.89. The summed E-state index contributed by atoms with van der Waals surface area (Å²) < 4.78 is 28.9. The highest BCUT2D eigenvalue weighted by molar-refractivity contribution is 5.95. The lowest BCUT2D eigenvalue weighted by Crippen LogP contribution is -2.30. The molecule has 0 aliphatic rings. The molecule has 8 heteroatoms. The Bertz CT molecular complexity index is 939. The monoisotopic (exact) mass is 399 g/mol. The number of nitrogens with one attached hydrogen (secondary N) is 1. The van der Waals surface area contributed by atoms with Gasteiger partial charge in [0, 0.05) is 5.56 Å². The van der Waals surface area contributed by atoms with Crippen LogP contribution in [0.15, 0.2) is 53.2 Å². The highest BCUT2D eigenvalue weighted by atomic mass is 19.1. The Morgan fingerprint density at radius 3 is 2.34 bits per heavy atom. The molecule has 0 saturated heterocycles. The molecule has 7 nitrogen and oxygen atoms in total. The molecule has 0 aliphatic heterocycles. The van der Waals surface area contributed by atoms with Gasteiger partial charge in [0.2, 0.25) is 5.82 Å². The first kappa shape index (κ1) is 20.3. The van der Waals surface area contributed by atoms with Crippen LogP contribution in [0.2, 0.25) is 0 Å². The Morgan fingerprint density at radius 1 is 1.03 bits per heavy atom. The molecule has 0 fully saturated rings. The SMILES string of the molecule is CC(C)COc1ccc(-c2nonc2NC(=O)[C@@H](C)Oc2ccc(F)cc2)cc1. The fraction of sp³-hybridized carbons (Fsp3) is 0.286. The van der Waals surface area contributed by atoms with Gasteiger partial charge in [-0.2, -0.15) is 0 Å². The van der Waals surface area contributed by atoms with Gasteiger partial charge in [0.1, 0.15) is 17.3 Å². The molecule has 0 saturated carbocycles. The maximum absolute atomic E-state index is 13.0. The third-order valence-electron chi connectivity index (χ3n) is 3.94. The number of carbonyl (C=O) groups is 1. The quantitative estimate of drug-likeness (QED) is 0.607. The van der Waals surface area contributed by atoms with Crippen molar-refractivity contribution in [2.45, 2.75) is 26.9 Å². The summed E-state index contributed by atoms with van der Waals surface area (Å²) in [7, 11) is 0. The summed E-state index contributed by atoms with van der Waals surface area (Å²) in [5, 5.41) is 10.3. The lowest BCUT2D eigenvalue weighted by Gasteiger charge is -2.14. The summed E-state index contributed by atoms with van der Waals surface area (Å²) in [4.78, 5) is 12.4. The van der Waals surface area contributed by atoms with Crippen LogP contribution in [0.3, 0.4) is 0 Å². The Hall–Kier alpha value is -3.42. The number of aromatic nitrogens is 2. The number of hydrogen-bond donors (Lipinski definition) is 1. The van der Waals surface area contributed by atoms with Gasteiger partial charge in [0.25, 0.3) is 5.91 Å². The number of benzene rings is 2. The predicted octanol–water partition coefficient (Wildman–Crippen LogP) is 4.32. The number of hydrogen-bond acceptors (Lipinski definition) is 6. The van der Waals surface area contributed by atoms with Gasteiger partial charge in [-0.05, 0) is 71.7 Å². The normalized spacial score (nSPS) is 11.9. The lowest BCUT2D eigenvalue weighted by molar-refractivity contribution is -0.122. The van der Waals surface area contributed by atoms with E-state index < -0.39 is 12.0 Å². The number of halogens is 1. The minimum absolute atomic E-state index is 0.181. The zero-order valence-corrected chi connectivity index (χ0v) is 16.4. The van der Waals surface area contributed by atoms with Crippen LogP contribution in [0, 0.1) is 11.7 Å². The highest BCUT2D eigenvalue weighted by Gasteiger charge is 2.20. The van der Waals surface area contributed by atoms with Crippen LogP contribution in [-0.4, -0.2) is 28.9 Å². The summed E-state index contributed by atoms with van der Waals surface area (Å²) in [6, 6.07) is 12.7. The van der Waals surface area contributed by atoms with Crippen molar-refractivity contribution in [1.29, 1.82) is 0 Å². The van der Waals surface area contributed by atoms with Gasteiger partial charge in [-0.25, -0.2) is 9.02 Å². The molecule has 0 aliphatic carbocycles. The molecule has 1 heterocycles. The van der Waals surface area contributed by atoms with Crippen molar-refractivity contribution >= 4 is 11.7 Å². The average molecular weight is 399 g/mol. The van der Waals surface area contributed by atoms with Crippen molar-refractivity contribution in [2.75, 3.05) is 11.9 Å². The van der Waals surface area contributed by atoms with E-state index >= 15 is 0 Å². The van der Waals surface area contributed by atoms with Crippen LogP contribution >= 0.6 is 0 Å². The Kier molecular flexibility index (Phi) is 6.43. The minimum atomic E-state index is -0.836. The summed E-state index contributed by atoms with van der Waals surface area (Å²) in [5.41, 5.74) is 1.10. The van der Waals surface area contributed by atoms with E-state index in [0.717, 1.165) is 5.75 Å². The Morgan fingerprint density at radius 2 is 1.69 bits per heavy atom. The van der Waals surface area contributed by atoms with E-state index in [0.29, 0.717) is 29.5 Å². The summed E-state index contributed by atoms with van der Waals surface area (Å²) >= 11 is 0. The molecule has 1 N–H and O–H groups in total. The van der Waals surface area contributed by atoms with Gasteiger partial charge in [0.05, 0.1) is 6.61 Å². The zero-order chi connectivity index (χ0) is 20.8. The van der Waals surface area contributed by atoms with E-state index in [1.54, 1.807) is 6.92 Å². The molecule has 0 radical (unpaired) electrons. The molecular weight excluding hydrogens is 377 g/mol. The third-order valence-corrected chi connectivity index (χ3v) is 3.94. The highest BCUT2D eigenvalue weighted by Crippen LogP contribution is 2.26. The Labute approximate surface area is 167 Å². The molecule has 29 heavy (non-hydrogen) atoms. The second kappa shape index (κ2) is 9.18. The van der Waals surface area contributed by atoms with Crippen molar-refractivity contribution in [3.8, 4) is 22.8 Å². The van der Waals surface area contributed by atoms with Crippen LogP contribution in [0.1, 0.15) is 20.8 Å². The van der Waals surface area contributed by atoms with E-state index in [-0.39, 0.29) is 11.6 Å². The first-order valence-electron chi connectivity index (χ1n) is 9.21. The molecule has 1 atom stereocenters. The van der Waals surface area contributed by atoms with E-state index in [1.807, 2.05) is 24.3 Å². The summed E-state index contributed by atoms with van der Waals surface area (Å²) in [6.45, 7) is 6.35. The number of amides is 1. The topological polar surface area (TPSA) is 86.5 Å². The van der Waals surface area contributed by atoms with Crippen molar-refractivity contribution in [3.63, 3.8) is 0 Å². The average Bonchev–Trinajstić information content (AvgIpc) is 3.16. The maximum atomic E-state index is 13.0. The van der Waals surface area contributed by atoms with Crippen LogP contribution in [0.5, 0.6) is 11.5 Å². The third kappa shape index (κ3) is 5.54. The molecule has 1 aromatic heterocycles. The first-order chi connectivity index (χ1) is 13.9. The molecule has 3 aromatic rings. The van der Waals surface area contributed by atoms with E-state index in [1.165, 1.54) is 24.3 Å². The van der Waals surface area contributed by atoms with Gasteiger partial charge < -0.3 is 14.8 Å². The number of ether oxygens (including phenoxy) is 2. The molecular formula is C21H22FN3O4. The molecule has 152 valence electrons. The van der Waals surface area contributed by atoms with Gasteiger partial charge >= 0.3 is 0 Å². The zero-order valence-electron chi connectivity index (χ0n) is 16.4. The summed E-state index contributed by atoms with van der Waals surface area (Å²) in [5.74, 6) is 0.905. The lowest BCUT2D eigenvalue weighted by atomic mass is 10.1. The van der Waals surface area contributed by atoms with Crippen LogP contribution in [-0.2, 0) is 4.79 Å². The van der Waals surface area contributed by atoms with Crippen molar-refractivity contribution < 1.29 is 23.3 Å². The first-order valence-corrected chi connectivity index (χ1v) is 9.21. The van der Waals surface area contributed by atoms with E-state index in [9.17, 15) is 9.18 Å². The number of carbonyl (C=O) groups excluding carboxylic acids is 1. The largest absolute Gasteiger partial charge is 0.493 e. The molecule has 0 unspecified atom stereocenters. The second-order valence-electron chi connectivity index (χ2n) is 6.89. The van der Waals surface area contributed by atoms with Crippen molar-refractivity contribution in [2.24, 2.45) is 5.92 Å². The molecule has 0 spiro atoms. The summed E-state index contributed by atoms with van der Waals surface area (Å²) in [6.07, 6.45) is -0.836. The fourth-order valence-electron chi connectivity index (χ4n) is 2.42. The molecule has 1 amide bonds. The fourth-order valence-corrected chi connectivity index (χ4v) is 2.42. The van der Waals surface area contributed by atoms with E-state index in [4.69, 9.17) is 14.1 Å². The van der Waals surface area contributed by atoms with Gasteiger partial charge in [-0.15, -0.1) is 0 Å². The minimum Gasteiger partial charge on any atom is -0.493 e. The molecule has 3 rings (SSSR count). The standard InChI is InChI=1S/C21H22FN3O4/c1-13(2)12-27-17-8-4-15(5-9-17)19-20(25-29-24-19)23-21(26)14(3)28-18-10-6-16(22)7-11-18/h4-11,13-14H,12H2,1-3H3,(H,23,25,26)/t14-/m1/s1. The van der Waals surface area contributed by atoms with Crippen molar-refractivity contribution in [3.05, 3.63) is 54.3 Å². The number of nitrogens with zero attached hydrogens (tertiary/aromatic N) is 2. The van der Waals surface area contributed by atoms with Crippen LogP contribution in [0.4, 0.5) is 10.2 Å². The smallest absolute Gasteiger partial charge is 0.266 e. The van der Waals surface area contributed by atoms with Crippen molar-refractivity contribution in [1.82, 2.24) is 10.3 Å². The maximum Gasteiger partial charge on any atom is 0.266 e. The molecule has 2 aromatic carbocycles. The number of rotatable bonds is 8.